The third-order valence-electron chi connectivity index (χ3n) is 0.471. The van der Waals surface area contributed by atoms with Crippen LogP contribution in [0, 0.1) is 16.7 Å². The summed E-state index contributed by atoms with van der Waals surface area (Å²) >= 11 is 1.19. The number of nitrogens with one attached hydrogen (secondary N) is 1. The van der Waals surface area contributed by atoms with E-state index < -0.39 is 0 Å². The van der Waals surface area contributed by atoms with Crippen molar-refractivity contribution in [3.8, 4) is 6.07 Å². The molecule has 0 amide bonds. The zero-order valence-corrected chi connectivity index (χ0v) is 6.39. The second-order valence-electron chi connectivity index (χ2n) is 1.12. The van der Waals surface area contributed by atoms with Crippen LogP contribution in [0.2, 0.25) is 0 Å². The van der Waals surface area contributed by atoms with Crippen LogP contribution in [-0.2, 0) is 0 Å². The van der Waals surface area contributed by atoms with E-state index in [1.54, 1.807) is 0 Å². The molecule has 0 saturated carbocycles. The molecule has 3 N–H and O–H groups in total. The Morgan fingerprint density at radius 2 is 2.33 bits per heavy atom. The van der Waals surface area contributed by atoms with Crippen LogP contribution in [0.15, 0.2) is 0 Å². The first-order valence-electron chi connectivity index (χ1n) is 2.11. The number of thioether (sulfide) groups is 1. The Balaban J connectivity index is 0. The van der Waals surface area contributed by atoms with Crippen molar-refractivity contribution in [1.82, 2.24) is 0 Å². The first-order chi connectivity index (χ1) is 3.77. The fourth-order valence-corrected chi connectivity index (χ4v) is 0.620. The summed E-state index contributed by atoms with van der Waals surface area (Å²) < 4.78 is 0. The smallest absolute Gasteiger partial charge is 0.151 e. The second kappa shape index (κ2) is 7.60. The molecule has 0 fully saturated rings. The highest BCUT2D eigenvalue weighted by Gasteiger charge is 1.87. The summed E-state index contributed by atoms with van der Waals surface area (Å²) in [6, 6.07) is 1.95. The lowest BCUT2D eigenvalue weighted by molar-refractivity contribution is 1.24. The fourth-order valence-electron chi connectivity index (χ4n) is 0.207. The highest BCUT2D eigenvalue weighted by molar-refractivity contribution is 8.13. The molecule has 0 spiro atoms. The topological polar surface area (TPSA) is 73.7 Å². The van der Waals surface area contributed by atoms with Crippen molar-refractivity contribution in [1.29, 1.82) is 10.7 Å². The molecule has 0 heterocycles. The summed E-state index contributed by atoms with van der Waals surface area (Å²) in [5, 5.41) is 14.8. The maximum Gasteiger partial charge on any atom is 0.151 e. The monoisotopic (exact) mass is 165 g/mol. The molecule has 0 aromatic rings. The van der Waals surface area contributed by atoms with Crippen molar-refractivity contribution in [3.63, 3.8) is 0 Å². The third kappa shape index (κ3) is 11.3. The largest absolute Gasteiger partial charge is 0.379 e. The van der Waals surface area contributed by atoms with Gasteiger partial charge >= 0.3 is 0 Å². The highest BCUT2D eigenvalue weighted by atomic mass is 35.5. The number of amidine groups is 1. The Labute approximate surface area is 64.5 Å². The van der Waals surface area contributed by atoms with E-state index in [0.29, 0.717) is 12.2 Å². The average Bonchev–Trinajstić information content (AvgIpc) is 1.66. The van der Waals surface area contributed by atoms with Crippen molar-refractivity contribution in [3.05, 3.63) is 0 Å². The minimum absolute atomic E-state index is 0. The van der Waals surface area contributed by atoms with Crippen LogP contribution in [-0.4, -0.2) is 10.9 Å². The van der Waals surface area contributed by atoms with Crippen LogP contribution in [0.4, 0.5) is 0 Å². The van der Waals surface area contributed by atoms with Crippen LogP contribution in [0.25, 0.3) is 0 Å². The summed E-state index contributed by atoms with van der Waals surface area (Å²) in [5.41, 5.74) is 4.97. The van der Waals surface area contributed by atoms with Gasteiger partial charge < -0.3 is 5.73 Å². The summed E-state index contributed by atoms with van der Waals surface area (Å²) in [7, 11) is 0. The Bertz CT molecular complexity index is 119. The molecule has 0 radical (unpaired) electrons. The molecular formula is C4H8ClN3S. The third-order valence-corrected chi connectivity index (χ3v) is 1.19. The molecule has 0 aromatic heterocycles. The Hall–Kier alpha value is -0.400. The van der Waals surface area contributed by atoms with Gasteiger partial charge in [0.15, 0.2) is 5.17 Å². The van der Waals surface area contributed by atoms with Gasteiger partial charge in [-0.05, 0) is 0 Å². The minimum Gasteiger partial charge on any atom is -0.379 e. The molecule has 52 valence electrons. The fraction of sp³-hybridized carbons (Fsp3) is 0.500. The van der Waals surface area contributed by atoms with Crippen LogP contribution in [0.1, 0.15) is 6.42 Å². The van der Waals surface area contributed by atoms with Crippen molar-refractivity contribution in [2.75, 3.05) is 5.75 Å². The Kier molecular flexibility index (Phi) is 9.63. The summed E-state index contributed by atoms with van der Waals surface area (Å²) in [5.74, 6) is 0.631. The molecular weight excluding hydrogens is 158 g/mol. The van der Waals surface area contributed by atoms with E-state index in [9.17, 15) is 0 Å². The number of rotatable bonds is 2. The van der Waals surface area contributed by atoms with E-state index >= 15 is 0 Å². The summed E-state index contributed by atoms with van der Waals surface area (Å²) in [4.78, 5) is 0. The van der Waals surface area contributed by atoms with Gasteiger partial charge in [-0.25, -0.2) is 0 Å². The quantitative estimate of drug-likeness (QED) is 0.364. The first-order valence-corrected chi connectivity index (χ1v) is 3.09. The molecule has 0 bridgehead atoms. The first kappa shape index (κ1) is 11.4. The molecule has 0 saturated heterocycles. The average molecular weight is 166 g/mol. The molecule has 0 aliphatic rings. The lowest BCUT2D eigenvalue weighted by atomic mass is 10.6. The predicted molar refractivity (Wildman–Crippen MR) is 41.9 cm³/mol. The van der Waals surface area contributed by atoms with Gasteiger partial charge in [0, 0.05) is 12.2 Å². The van der Waals surface area contributed by atoms with Crippen molar-refractivity contribution >= 4 is 29.3 Å². The maximum absolute atomic E-state index is 8.00. The van der Waals surface area contributed by atoms with E-state index in [1.807, 2.05) is 6.07 Å². The van der Waals surface area contributed by atoms with E-state index in [-0.39, 0.29) is 17.6 Å². The highest BCUT2D eigenvalue weighted by Crippen LogP contribution is 1.98. The summed E-state index contributed by atoms with van der Waals surface area (Å²) in [6.45, 7) is 0. The molecule has 9 heavy (non-hydrogen) atoms. The standard InChI is InChI=1S/C4H7N3S.ClH/c5-2-1-3-8-4(6)7;/h1,3H2,(H3,6,7);1H. The van der Waals surface area contributed by atoms with E-state index in [2.05, 4.69) is 0 Å². The second-order valence-corrected chi connectivity index (χ2v) is 2.26. The summed E-state index contributed by atoms with van der Waals surface area (Å²) in [6.07, 6.45) is 0.463. The Morgan fingerprint density at radius 3 is 2.67 bits per heavy atom. The number of halogens is 1. The van der Waals surface area contributed by atoms with E-state index in [4.69, 9.17) is 16.4 Å². The van der Waals surface area contributed by atoms with Gasteiger partial charge in [0.1, 0.15) is 0 Å². The van der Waals surface area contributed by atoms with Crippen molar-refractivity contribution in [2.45, 2.75) is 6.42 Å². The molecule has 0 rings (SSSR count). The number of nitriles is 1. The van der Waals surface area contributed by atoms with Gasteiger partial charge in [0.2, 0.25) is 0 Å². The minimum atomic E-state index is 0. The van der Waals surface area contributed by atoms with E-state index in [0.717, 1.165) is 0 Å². The van der Waals surface area contributed by atoms with Gasteiger partial charge in [-0.3, -0.25) is 5.41 Å². The van der Waals surface area contributed by atoms with Crippen LogP contribution >= 0.6 is 24.2 Å². The molecule has 0 aliphatic heterocycles. The zero-order chi connectivity index (χ0) is 6.41. The lowest BCUT2D eigenvalue weighted by Gasteiger charge is -1.89. The molecule has 0 aromatic carbocycles. The van der Waals surface area contributed by atoms with Gasteiger partial charge in [-0.2, -0.15) is 5.26 Å². The van der Waals surface area contributed by atoms with Gasteiger partial charge in [-0.15, -0.1) is 12.4 Å². The molecule has 3 nitrogen and oxygen atoms in total. The van der Waals surface area contributed by atoms with Gasteiger partial charge in [0.25, 0.3) is 0 Å². The maximum atomic E-state index is 8.00. The lowest BCUT2D eigenvalue weighted by Crippen LogP contribution is -2.03. The molecule has 0 atom stereocenters. The number of nitrogens with two attached hydrogens (primary N) is 1. The zero-order valence-electron chi connectivity index (χ0n) is 4.76. The van der Waals surface area contributed by atoms with Crippen molar-refractivity contribution in [2.24, 2.45) is 5.73 Å². The SMILES string of the molecule is Cl.N#CCCSC(=N)N. The normalized spacial score (nSPS) is 7.00. The van der Waals surface area contributed by atoms with E-state index in [1.165, 1.54) is 11.8 Å². The van der Waals surface area contributed by atoms with Gasteiger partial charge in [-0.1, -0.05) is 11.8 Å². The number of nitrogens with zero attached hydrogens (tertiary/aromatic N) is 1. The Morgan fingerprint density at radius 1 is 1.78 bits per heavy atom. The van der Waals surface area contributed by atoms with Crippen LogP contribution in [0.3, 0.4) is 0 Å². The van der Waals surface area contributed by atoms with Gasteiger partial charge in [0.05, 0.1) is 6.07 Å². The number of hydrogen-bond donors (Lipinski definition) is 2. The van der Waals surface area contributed by atoms with Crippen LogP contribution in [0.5, 0.6) is 0 Å². The number of hydrogen-bond acceptors (Lipinski definition) is 3. The predicted octanol–water partition coefficient (Wildman–Crippen LogP) is 0.949. The molecule has 0 aliphatic carbocycles. The molecule has 0 unspecified atom stereocenters. The van der Waals surface area contributed by atoms with Crippen molar-refractivity contribution < 1.29 is 0 Å². The molecule has 5 heteroatoms. The van der Waals surface area contributed by atoms with Crippen LogP contribution < -0.4 is 5.73 Å².